The van der Waals surface area contributed by atoms with Crippen LogP contribution in [0.1, 0.15) is 37.7 Å². The molecule has 0 bridgehead atoms. The Labute approximate surface area is 115 Å². The number of benzene rings is 1. The van der Waals surface area contributed by atoms with Crippen LogP contribution in [0.4, 0.5) is 5.69 Å². The number of rotatable bonds is 0. The molecule has 1 fully saturated rings. The highest BCUT2D eigenvalue weighted by Crippen LogP contribution is 2.51. The monoisotopic (exact) mass is 309 g/mol. The molecule has 1 spiro atoms. The molecular formula is C14H16BrNS. The predicted molar refractivity (Wildman–Crippen MR) is 79.5 cm³/mol. The van der Waals surface area contributed by atoms with Crippen molar-refractivity contribution in [1.29, 1.82) is 0 Å². The molecule has 1 aliphatic heterocycles. The molecule has 3 rings (SSSR count). The molecule has 3 heteroatoms. The summed E-state index contributed by atoms with van der Waals surface area (Å²) >= 11 is 5.43. The third kappa shape index (κ3) is 1.78. The second-order valence-electron chi connectivity index (χ2n) is 4.93. The Morgan fingerprint density at radius 3 is 2.71 bits per heavy atom. The van der Waals surface area contributed by atoms with Crippen LogP contribution in [0.3, 0.4) is 0 Å². The molecule has 0 radical (unpaired) electrons. The Kier molecular flexibility index (Phi) is 3.07. The smallest absolute Gasteiger partial charge is 0.0842 e. The number of thioether (sulfide) groups is 1. The first-order chi connectivity index (χ1) is 8.26. The maximum Gasteiger partial charge on any atom is 0.0842 e. The van der Waals surface area contributed by atoms with Crippen molar-refractivity contribution >= 4 is 38.4 Å². The lowest BCUT2D eigenvalue weighted by Crippen LogP contribution is -2.33. The Morgan fingerprint density at radius 2 is 2.00 bits per heavy atom. The highest BCUT2D eigenvalue weighted by molar-refractivity contribution is 9.10. The van der Waals surface area contributed by atoms with Gasteiger partial charge in [-0.2, -0.15) is 0 Å². The van der Waals surface area contributed by atoms with E-state index < -0.39 is 0 Å². The van der Waals surface area contributed by atoms with E-state index in [4.69, 9.17) is 4.99 Å². The van der Waals surface area contributed by atoms with Crippen molar-refractivity contribution in [3.05, 3.63) is 28.2 Å². The molecule has 0 atom stereocenters. The van der Waals surface area contributed by atoms with Crippen LogP contribution < -0.4 is 0 Å². The first-order valence-electron chi connectivity index (χ1n) is 6.19. The summed E-state index contributed by atoms with van der Waals surface area (Å²) in [5.74, 6) is 0. The lowest BCUT2D eigenvalue weighted by Gasteiger charge is -2.35. The second kappa shape index (κ2) is 4.43. The summed E-state index contributed by atoms with van der Waals surface area (Å²) in [5.41, 5.74) is 2.90. The van der Waals surface area contributed by atoms with Gasteiger partial charge in [0.1, 0.15) is 0 Å². The summed E-state index contributed by atoms with van der Waals surface area (Å²) in [6, 6.07) is 6.54. The van der Waals surface area contributed by atoms with Crippen molar-refractivity contribution < 1.29 is 0 Å². The van der Waals surface area contributed by atoms with Crippen molar-refractivity contribution in [1.82, 2.24) is 0 Å². The maximum atomic E-state index is 4.85. The number of hydrogen-bond donors (Lipinski definition) is 0. The highest BCUT2D eigenvalue weighted by Gasteiger charge is 2.43. The topological polar surface area (TPSA) is 12.4 Å². The van der Waals surface area contributed by atoms with Crippen molar-refractivity contribution in [2.24, 2.45) is 4.99 Å². The summed E-state index contributed by atoms with van der Waals surface area (Å²) < 4.78 is 1.18. The van der Waals surface area contributed by atoms with Crippen LogP contribution in [-0.4, -0.2) is 11.3 Å². The zero-order valence-corrected chi connectivity index (χ0v) is 12.4. The molecule has 17 heavy (non-hydrogen) atoms. The molecular weight excluding hydrogens is 294 g/mol. The fraction of sp³-hybridized carbons (Fsp3) is 0.500. The van der Waals surface area contributed by atoms with Crippen LogP contribution in [0.25, 0.3) is 0 Å². The van der Waals surface area contributed by atoms with Crippen molar-refractivity contribution in [2.45, 2.75) is 37.5 Å². The standard InChI is InChI=1S/C14H16BrNS/c1-17-13-14(7-3-2-4-8-14)11-9-10(15)5-6-12(11)16-13/h5-6,9H,2-4,7-8H2,1H3. The van der Waals surface area contributed by atoms with Gasteiger partial charge < -0.3 is 0 Å². The van der Waals surface area contributed by atoms with E-state index in [1.165, 1.54) is 52.9 Å². The van der Waals surface area contributed by atoms with Gasteiger partial charge in [0.25, 0.3) is 0 Å². The minimum absolute atomic E-state index is 0.247. The summed E-state index contributed by atoms with van der Waals surface area (Å²) in [6.07, 6.45) is 8.77. The van der Waals surface area contributed by atoms with Gasteiger partial charge in [0.15, 0.2) is 0 Å². The zero-order chi connectivity index (χ0) is 11.9. The molecule has 1 heterocycles. The average Bonchev–Trinajstić information content (AvgIpc) is 2.65. The predicted octanol–water partition coefficient (Wildman–Crippen LogP) is 5.06. The van der Waals surface area contributed by atoms with Gasteiger partial charge in [0, 0.05) is 9.89 Å². The van der Waals surface area contributed by atoms with E-state index in [2.05, 4.69) is 40.4 Å². The van der Waals surface area contributed by atoms with E-state index >= 15 is 0 Å². The van der Waals surface area contributed by atoms with Gasteiger partial charge in [-0.1, -0.05) is 35.2 Å². The van der Waals surface area contributed by atoms with E-state index in [1.54, 1.807) is 0 Å². The van der Waals surface area contributed by atoms with Gasteiger partial charge >= 0.3 is 0 Å². The van der Waals surface area contributed by atoms with Gasteiger partial charge in [-0.25, -0.2) is 4.99 Å². The van der Waals surface area contributed by atoms with Gasteiger partial charge in [-0.3, -0.25) is 0 Å². The first kappa shape index (κ1) is 11.8. The third-order valence-corrected chi connectivity index (χ3v) is 5.37. The molecule has 1 nitrogen and oxygen atoms in total. The fourth-order valence-electron chi connectivity index (χ4n) is 3.20. The van der Waals surface area contributed by atoms with E-state index in [-0.39, 0.29) is 5.41 Å². The molecule has 0 aromatic heterocycles. The van der Waals surface area contributed by atoms with Crippen molar-refractivity contribution in [3.8, 4) is 0 Å². The van der Waals surface area contributed by atoms with Crippen molar-refractivity contribution in [2.75, 3.05) is 6.26 Å². The first-order valence-corrected chi connectivity index (χ1v) is 8.21. The van der Waals surface area contributed by atoms with E-state index in [1.807, 2.05) is 11.8 Å². The highest BCUT2D eigenvalue weighted by atomic mass is 79.9. The summed E-state index contributed by atoms with van der Waals surface area (Å²) in [6.45, 7) is 0. The molecule has 0 unspecified atom stereocenters. The minimum Gasteiger partial charge on any atom is -0.245 e. The number of halogens is 1. The number of nitrogens with zero attached hydrogens (tertiary/aromatic N) is 1. The molecule has 1 saturated carbocycles. The van der Waals surface area contributed by atoms with Crippen molar-refractivity contribution in [3.63, 3.8) is 0 Å². The normalized spacial score (nSPS) is 21.4. The number of hydrogen-bond acceptors (Lipinski definition) is 2. The second-order valence-corrected chi connectivity index (χ2v) is 6.64. The molecule has 0 amide bonds. The molecule has 90 valence electrons. The molecule has 0 saturated heterocycles. The SMILES string of the molecule is CSC1=Nc2ccc(Br)cc2C12CCCCC2. The van der Waals surface area contributed by atoms with E-state index in [0.717, 1.165) is 0 Å². The number of fused-ring (bicyclic) bond motifs is 2. The fourth-order valence-corrected chi connectivity index (χ4v) is 4.46. The van der Waals surface area contributed by atoms with Gasteiger partial charge in [-0.15, -0.1) is 11.8 Å². The van der Waals surface area contributed by atoms with Crippen LogP contribution in [0, 0.1) is 0 Å². The molecule has 1 aromatic carbocycles. The molecule has 0 N–H and O–H groups in total. The quantitative estimate of drug-likeness (QED) is 0.652. The Morgan fingerprint density at radius 1 is 1.24 bits per heavy atom. The number of aliphatic imine (C=N–C) groups is 1. The van der Waals surface area contributed by atoms with E-state index in [0.29, 0.717) is 0 Å². The van der Waals surface area contributed by atoms with Crippen LogP contribution in [0.5, 0.6) is 0 Å². The van der Waals surface area contributed by atoms with E-state index in [9.17, 15) is 0 Å². The third-order valence-electron chi connectivity index (χ3n) is 4.01. The van der Waals surface area contributed by atoms with Crippen LogP contribution in [0.15, 0.2) is 27.7 Å². The average molecular weight is 310 g/mol. The van der Waals surface area contributed by atoms with Gasteiger partial charge in [0.05, 0.1) is 10.7 Å². The van der Waals surface area contributed by atoms with Crippen LogP contribution in [-0.2, 0) is 5.41 Å². The van der Waals surface area contributed by atoms with Crippen LogP contribution in [0.2, 0.25) is 0 Å². The molecule has 2 aliphatic rings. The Hall–Kier alpha value is -0.280. The molecule has 1 aromatic rings. The summed E-state index contributed by atoms with van der Waals surface area (Å²) in [7, 11) is 0. The minimum atomic E-state index is 0.247. The van der Waals surface area contributed by atoms with Gasteiger partial charge in [-0.05, 0) is 42.9 Å². The summed E-state index contributed by atoms with van der Waals surface area (Å²) in [4.78, 5) is 4.85. The lowest BCUT2D eigenvalue weighted by molar-refractivity contribution is 0.389. The summed E-state index contributed by atoms with van der Waals surface area (Å²) in [5, 5.41) is 1.34. The lowest BCUT2D eigenvalue weighted by atomic mass is 9.71. The van der Waals surface area contributed by atoms with Gasteiger partial charge in [0.2, 0.25) is 0 Å². The Bertz CT molecular complexity index is 475. The zero-order valence-electron chi connectivity index (χ0n) is 10.0. The van der Waals surface area contributed by atoms with Crippen LogP contribution >= 0.6 is 27.7 Å². The largest absolute Gasteiger partial charge is 0.245 e. The Balaban J connectivity index is 2.13. The molecule has 1 aliphatic carbocycles. The maximum absolute atomic E-state index is 4.85.